The molecule has 32 heavy (non-hydrogen) atoms. The lowest BCUT2D eigenvalue weighted by Crippen LogP contribution is -2.36. The van der Waals surface area contributed by atoms with Gasteiger partial charge in [0.2, 0.25) is 5.91 Å². The van der Waals surface area contributed by atoms with Gasteiger partial charge in [-0.25, -0.2) is 4.79 Å². The summed E-state index contributed by atoms with van der Waals surface area (Å²) in [6.07, 6.45) is 3.41. The van der Waals surface area contributed by atoms with Crippen LogP contribution in [0.4, 0.5) is 4.79 Å². The highest BCUT2D eigenvalue weighted by molar-refractivity contribution is 8.00. The summed E-state index contributed by atoms with van der Waals surface area (Å²) in [5.74, 6) is 1.03. The summed E-state index contributed by atoms with van der Waals surface area (Å²) in [6.45, 7) is 5.75. The summed E-state index contributed by atoms with van der Waals surface area (Å²) in [6, 6.07) is 0.450. The quantitative estimate of drug-likeness (QED) is 0.144. The number of rotatable bonds is 20. The molecule has 2 saturated heterocycles. The van der Waals surface area contributed by atoms with Crippen molar-refractivity contribution in [2.24, 2.45) is 0 Å². The van der Waals surface area contributed by atoms with Crippen molar-refractivity contribution in [1.82, 2.24) is 21.3 Å². The average molecular weight is 477 g/mol. The lowest BCUT2D eigenvalue weighted by molar-refractivity contribution is -0.121. The predicted molar refractivity (Wildman–Crippen MR) is 124 cm³/mol. The molecule has 2 aliphatic heterocycles. The van der Waals surface area contributed by atoms with E-state index in [-0.39, 0.29) is 24.0 Å². The Morgan fingerprint density at radius 1 is 0.938 bits per heavy atom. The maximum Gasteiger partial charge on any atom is 0.315 e. The van der Waals surface area contributed by atoms with Gasteiger partial charge in [0.1, 0.15) is 0 Å². The van der Waals surface area contributed by atoms with Crippen LogP contribution in [-0.4, -0.2) is 108 Å². The molecule has 186 valence electrons. The summed E-state index contributed by atoms with van der Waals surface area (Å²) in [5, 5.41) is 12.3. The first-order chi connectivity index (χ1) is 15.7. The molecule has 0 aromatic rings. The minimum absolute atomic E-state index is 0.0511. The Labute approximate surface area is 195 Å². The third-order valence-corrected chi connectivity index (χ3v) is 6.77. The molecule has 0 aromatic heterocycles. The van der Waals surface area contributed by atoms with Crippen molar-refractivity contribution in [3.8, 4) is 0 Å². The molecular weight excluding hydrogens is 436 g/mol. The van der Waals surface area contributed by atoms with Gasteiger partial charge in [0.05, 0.1) is 64.9 Å². The fourth-order valence-electron chi connectivity index (χ4n) is 3.56. The molecule has 0 radical (unpaired) electrons. The van der Waals surface area contributed by atoms with Gasteiger partial charge in [-0.3, -0.25) is 4.79 Å². The van der Waals surface area contributed by atoms with Gasteiger partial charge < -0.3 is 40.2 Å². The minimum atomic E-state index is -0.0511. The van der Waals surface area contributed by atoms with Crippen LogP contribution >= 0.6 is 11.8 Å². The second-order valence-corrected chi connectivity index (χ2v) is 9.04. The zero-order chi connectivity index (χ0) is 22.9. The highest BCUT2D eigenvalue weighted by atomic mass is 32.2. The highest BCUT2D eigenvalue weighted by Crippen LogP contribution is 2.33. The maximum absolute atomic E-state index is 11.9. The van der Waals surface area contributed by atoms with Crippen LogP contribution in [0.5, 0.6) is 0 Å². The molecule has 2 aliphatic rings. The Hall–Kier alpha value is -1.11. The van der Waals surface area contributed by atoms with Crippen molar-refractivity contribution in [2.45, 2.75) is 43.0 Å². The van der Waals surface area contributed by atoms with Crippen molar-refractivity contribution in [3.05, 3.63) is 0 Å². The van der Waals surface area contributed by atoms with E-state index in [2.05, 4.69) is 21.3 Å². The van der Waals surface area contributed by atoms with E-state index in [1.54, 1.807) is 0 Å². The summed E-state index contributed by atoms with van der Waals surface area (Å²) in [5.41, 5.74) is 0. The molecule has 0 saturated carbocycles. The van der Waals surface area contributed by atoms with Crippen molar-refractivity contribution >= 4 is 23.7 Å². The van der Waals surface area contributed by atoms with Crippen molar-refractivity contribution in [1.29, 1.82) is 0 Å². The van der Waals surface area contributed by atoms with Gasteiger partial charge in [0.25, 0.3) is 0 Å². The number of fused-ring (bicyclic) bond motifs is 1. The predicted octanol–water partition coefficient (Wildman–Crippen LogP) is 0.114. The number of ether oxygens (including phenoxy) is 4. The molecule has 2 rings (SSSR count). The van der Waals surface area contributed by atoms with E-state index in [0.29, 0.717) is 71.1 Å². The number of thioether (sulfide) groups is 1. The van der Waals surface area contributed by atoms with Gasteiger partial charge >= 0.3 is 6.03 Å². The molecule has 10 nitrogen and oxygen atoms in total. The Balaban J connectivity index is 1.28. The molecule has 0 spiro atoms. The van der Waals surface area contributed by atoms with E-state index in [4.69, 9.17) is 18.9 Å². The largest absolute Gasteiger partial charge is 0.378 e. The Morgan fingerprint density at radius 3 is 2.22 bits per heavy atom. The second kappa shape index (κ2) is 17.4. The molecule has 11 heteroatoms. The van der Waals surface area contributed by atoms with Crippen LogP contribution in [0.3, 0.4) is 0 Å². The first kappa shape index (κ1) is 27.1. The number of amides is 3. The molecule has 0 bridgehead atoms. The van der Waals surface area contributed by atoms with Crippen LogP contribution < -0.4 is 21.3 Å². The fraction of sp³-hybridized carbons (Fsp3) is 0.905. The van der Waals surface area contributed by atoms with Gasteiger partial charge in [0.15, 0.2) is 0 Å². The van der Waals surface area contributed by atoms with Crippen LogP contribution in [-0.2, 0) is 23.7 Å². The summed E-state index contributed by atoms with van der Waals surface area (Å²) < 4.78 is 21.6. The second-order valence-electron chi connectivity index (χ2n) is 7.77. The molecular formula is C21H40N4O6S. The molecule has 1 unspecified atom stereocenters. The molecule has 2 heterocycles. The number of carbonyl (C=O) groups excluding carboxylic acids is 2. The van der Waals surface area contributed by atoms with Crippen molar-refractivity contribution in [2.75, 3.05) is 78.7 Å². The molecule has 3 atom stereocenters. The standard InChI is InChI=1S/C21H40N4O6S/c1-22-6-8-28-10-12-30-14-15-31-13-11-29-9-7-23-19(26)5-3-2-4-18-20-17(16-32-18)24-21(27)25-20/h17-18,20,22H,2-16H2,1H3,(H,23,26)(H2,24,25,27)/t17-,18?,20-/m0/s1. The fourth-order valence-corrected chi connectivity index (χ4v) is 5.10. The number of unbranched alkanes of at least 4 members (excludes halogenated alkanes) is 1. The third-order valence-electron chi connectivity index (χ3n) is 5.26. The normalized spacial score (nSPS) is 21.9. The number of hydrogen-bond acceptors (Lipinski definition) is 8. The zero-order valence-electron chi connectivity index (χ0n) is 19.2. The first-order valence-corrected chi connectivity index (χ1v) is 12.7. The van der Waals surface area contributed by atoms with Crippen molar-refractivity contribution in [3.63, 3.8) is 0 Å². The SMILES string of the molecule is CNCCOCCOCCOCCOCCNC(=O)CCCCC1SC[C@@H]2NC(=O)N[C@H]12. The Bertz CT molecular complexity index is 531. The van der Waals surface area contributed by atoms with Crippen LogP contribution in [0.1, 0.15) is 25.7 Å². The first-order valence-electron chi connectivity index (χ1n) is 11.6. The van der Waals surface area contributed by atoms with E-state index in [0.717, 1.165) is 31.6 Å². The van der Waals surface area contributed by atoms with Gasteiger partial charge in [-0.15, -0.1) is 0 Å². The lowest BCUT2D eigenvalue weighted by Gasteiger charge is -2.16. The van der Waals surface area contributed by atoms with Crippen molar-refractivity contribution < 1.29 is 28.5 Å². The summed E-state index contributed by atoms with van der Waals surface area (Å²) >= 11 is 1.91. The van der Waals surface area contributed by atoms with Gasteiger partial charge in [0, 0.05) is 30.5 Å². The van der Waals surface area contributed by atoms with Gasteiger partial charge in [-0.2, -0.15) is 11.8 Å². The average Bonchev–Trinajstić information content (AvgIpc) is 3.33. The topological polar surface area (TPSA) is 119 Å². The highest BCUT2D eigenvalue weighted by Gasteiger charge is 2.42. The van der Waals surface area contributed by atoms with Gasteiger partial charge in [-0.1, -0.05) is 6.42 Å². The number of likely N-dealkylation sites (N-methyl/N-ethyl adjacent to an activating group) is 1. The summed E-state index contributed by atoms with van der Waals surface area (Å²) in [4.78, 5) is 23.3. The van der Waals surface area contributed by atoms with E-state index in [9.17, 15) is 9.59 Å². The van der Waals surface area contributed by atoms with Gasteiger partial charge in [-0.05, 0) is 19.9 Å². The van der Waals surface area contributed by atoms with E-state index in [1.807, 2.05) is 18.8 Å². The lowest BCUT2D eigenvalue weighted by atomic mass is 10.0. The number of nitrogens with one attached hydrogen (secondary N) is 4. The maximum atomic E-state index is 11.9. The van der Waals surface area contributed by atoms with Crippen LogP contribution in [0.2, 0.25) is 0 Å². The molecule has 0 aromatic carbocycles. The van der Waals surface area contributed by atoms with E-state index < -0.39 is 0 Å². The molecule has 3 amide bonds. The molecule has 2 fully saturated rings. The summed E-state index contributed by atoms with van der Waals surface area (Å²) in [7, 11) is 1.89. The van der Waals surface area contributed by atoms with Crippen LogP contribution in [0.15, 0.2) is 0 Å². The molecule has 0 aliphatic carbocycles. The smallest absolute Gasteiger partial charge is 0.315 e. The number of carbonyl (C=O) groups is 2. The van der Waals surface area contributed by atoms with Crippen LogP contribution in [0, 0.1) is 0 Å². The number of urea groups is 1. The van der Waals surface area contributed by atoms with E-state index in [1.165, 1.54) is 0 Å². The molecule has 4 N–H and O–H groups in total. The number of hydrogen-bond donors (Lipinski definition) is 4. The third kappa shape index (κ3) is 11.7. The van der Waals surface area contributed by atoms with E-state index >= 15 is 0 Å². The monoisotopic (exact) mass is 476 g/mol. The zero-order valence-corrected chi connectivity index (χ0v) is 20.0. The van der Waals surface area contributed by atoms with Crippen LogP contribution in [0.25, 0.3) is 0 Å². The Morgan fingerprint density at radius 2 is 1.56 bits per heavy atom. The Kier molecular flexibility index (Phi) is 14.7. The minimum Gasteiger partial charge on any atom is -0.378 e.